The minimum Gasteiger partial charge on any atom is -0.367 e. The van der Waals surface area contributed by atoms with Crippen LogP contribution in [0.3, 0.4) is 0 Å². The van der Waals surface area contributed by atoms with E-state index in [4.69, 9.17) is 4.98 Å². The summed E-state index contributed by atoms with van der Waals surface area (Å²) in [5, 5.41) is 0. The van der Waals surface area contributed by atoms with Crippen LogP contribution in [-0.4, -0.2) is 26.0 Å². The number of hydrogen-bond acceptors (Lipinski definition) is 4. The van der Waals surface area contributed by atoms with Gasteiger partial charge in [-0.2, -0.15) is 0 Å². The molecule has 5 nitrogen and oxygen atoms in total. The van der Waals surface area contributed by atoms with E-state index in [1.807, 2.05) is 13.0 Å². The molecule has 1 unspecified atom stereocenters. The third-order valence-corrected chi connectivity index (χ3v) is 8.65. The lowest BCUT2D eigenvalue weighted by atomic mass is 9.78. The summed E-state index contributed by atoms with van der Waals surface area (Å²) in [6.45, 7) is 17.2. The summed E-state index contributed by atoms with van der Waals surface area (Å²) in [7, 11) is 1.74. The van der Waals surface area contributed by atoms with E-state index < -0.39 is 0 Å². The summed E-state index contributed by atoms with van der Waals surface area (Å²) < 4.78 is 1.55. The van der Waals surface area contributed by atoms with E-state index >= 15 is 0 Å². The number of hydrogen-bond donors (Lipinski definition) is 0. The highest BCUT2D eigenvalue weighted by atomic mass is 16.1. The van der Waals surface area contributed by atoms with Crippen LogP contribution in [0.5, 0.6) is 0 Å². The van der Waals surface area contributed by atoms with Gasteiger partial charge < -0.3 is 4.90 Å². The minimum atomic E-state index is -0.0730. The Kier molecular flexibility index (Phi) is 6.95. The Morgan fingerprint density at radius 2 is 1.95 bits per heavy atom. The zero-order valence-electron chi connectivity index (χ0n) is 23.1. The molecule has 38 heavy (non-hydrogen) atoms. The standard InChI is InChI=1S/C33H38N4O/c1-7-22(2)24(4)33(14-15-33)29-11-9-8-10-28(29)26-19-27-21-37(17-13-30(27)35-20-26)25(5)23(3)18-31-34-16-12-32(38)36(31)6/h8-12,16,18-20,22H,4-5,7,13-15,17,21H2,1-3,6H3/b23-18-. The third kappa shape index (κ3) is 4.66. The molecule has 0 bridgehead atoms. The molecule has 0 amide bonds. The highest BCUT2D eigenvalue weighted by molar-refractivity contribution is 5.71. The van der Waals surface area contributed by atoms with Gasteiger partial charge in [-0.3, -0.25) is 14.3 Å². The average Bonchev–Trinajstić information content (AvgIpc) is 3.75. The molecule has 0 saturated heterocycles. The van der Waals surface area contributed by atoms with E-state index in [0.717, 1.165) is 42.9 Å². The van der Waals surface area contributed by atoms with Crippen molar-refractivity contribution in [3.05, 3.63) is 112 Å². The Bertz CT molecular complexity index is 1490. The quantitative estimate of drug-likeness (QED) is 0.260. The van der Waals surface area contributed by atoms with Gasteiger partial charge in [0.05, 0.1) is 0 Å². The molecular formula is C33H38N4O. The predicted molar refractivity (Wildman–Crippen MR) is 156 cm³/mol. The monoisotopic (exact) mass is 506 g/mol. The number of rotatable bonds is 8. The summed E-state index contributed by atoms with van der Waals surface area (Å²) in [6.07, 6.45) is 9.88. The second kappa shape index (κ2) is 10.2. The zero-order chi connectivity index (χ0) is 27.0. The Morgan fingerprint density at radius 3 is 2.68 bits per heavy atom. The largest absolute Gasteiger partial charge is 0.367 e. The van der Waals surface area contributed by atoms with Crippen LogP contribution in [0, 0.1) is 5.92 Å². The summed E-state index contributed by atoms with van der Waals surface area (Å²) >= 11 is 0. The van der Waals surface area contributed by atoms with Gasteiger partial charge in [0.25, 0.3) is 5.56 Å². The SMILES string of the molecule is C=C(/C(C)=C\c1nccc(=O)n1C)N1CCc2ncc(-c3ccccc3C3(C(=C)C(C)CC)CC3)cc2C1. The first-order valence-corrected chi connectivity index (χ1v) is 13.7. The molecule has 1 atom stereocenters. The molecule has 196 valence electrons. The first-order chi connectivity index (χ1) is 18.2. The van der Waals surface area contributed by atoms with Crippen LogP contribution >= 0.6 is 0 Å². The summed E-state index contributed by atoms with van der Waals surface area (Å²) in [6, 6.07) is 12.6. The molecule has 2 aliphatic rings. The molecule has 3 heterocycles. The van der Waals surface area contributed by atoms with Crippen LogP contribution in [0.2, 0.25) is 0 Å². The van der Waals surface area contributed by atoms with Crippen LogP contribution in [0.1, 0.15) is 62.7 Å². The summed E-state index contributed by atoms with van der Waals surface area (Å²) in [4.78, 5) is 23.6. The van der Waals surface area contributed by atoms with Crippen LogP contribution in [0.4, 0.5) is 0 Å². The van der Waals surface area contributed by atoms with Gasteiger partial charge in [-0.1, -0.05) is 56.8 Å². The van der Waals surface area contributed by atoms with Gasteiger partial charge in [-0.25, -0.2) is 4.98 Å². The van der Waals surface area contributed by atoms with Gasteiger partial charge in [-0.05, 0) is 66.5 Å². The highest BCUT2D eigenvalue weighted by Gasteiger charge is 2.48. The Labute approximate surface area is 226 Å². The lowest BCUT2D eigenvalue weighted by molar-refractivity contribution is 0.326. The molecular weight excluding hydrogens is 468 g/mol. The molecule has 0 N–H and O–H groups in total. The Hall–Kier alpha value is -3.73. The number of pyridine rings is 1. The van der Waals surface area contributed by atoms with Gasteiger partial charge in [0.15, 0.2) is 0 Å². The molecule has 5 rings (SSSR count). The normalized spacial score (nSPS) is 17.1. The number of allylic oxidation sites excluding steroid dienone is 2. The van der Waals surface area contributed by atoms with E-state index in [1.54, 1.807) is 17.8 Å². The Morgan fingerprint density at radius 1 is 1.18 bits per heavy atom. The molecule has 1 aliphatic carbocycles. The first kappa shape index (κ1) is 25.9. The number of fused-ring (bicyclic) bond motifs is 1. The molecule has 2 aromatic heterocycles. The van der Waals surface area contributed by atoms with E-state index in [0.29, 0.717) is 11.7 Å². The Balaban J connectivity index is 1.42. The second-order valence-electron chi connectivity index (χ2n) is 10.9. The number of benzene rings is 1. The maximum atomic E-state index is 12.0. The zero-order valence-corrected chi connectivity index (χ0v) is 23.1. The number of aromatic nitrogens is 3. The average molecular weight is 507 g/mol. The fraction of sp³-hybridized carbons (Fsp3) is 0.364. The van der Waals surface area contributed by atoms with Crippen molar-refractivity contribution in [2.75, 3.05) is 6.54 Å². The third-order valence-electron chi connectivity index (χ3n) is 8.65. The fourth-order valence-electron chi connectivity index (χ4n) is 5.71. The maximum Gasteiger partial charge on any atom is 0.253 e. The van der Waals surface area contributed by atoms with Gasteiger partial charge in [0.1, 0.15) is 5.82 Å². The van der Waals surface area contributed by atoms with E-state index in [9.17, 15) is 4.79 Å². The predicted octanol–water partition coefficient (Wildman–Crippen LogP) is 6.45. The second-order valence-corrected chi connectivity index (χ2v) is 10.9. The smallest absolute Gasteiger partial charge is 0.253 e. The molecule has 0 spiro atoms. The number of nitrogens with zero attached hydrogens (tertiary/aromatic N) is 4. The summed E-state index contributed by atoms with van der Waals surface area (Å²) in [5.74, 6) is 1.14. The van der Waals surface area contributed by atoms with Crippen molar-refractivity contribution in [1.29, 1.82) is 0 Å². The van der Waals surface area contributed by atoms with Gasteiger partial charge >= 0.3 is 0 Å². The van der Waals surface area contributed by atoms with Gasteiger partial charge in [0.2, 0.25) is 0 Å². The molecule has 0 radical (unpaired) electrons. The lowest BCUT2D eigenvalue weighted by Gasteiger charge is -2.32. The highest BCUT2D eigenvalue weighted by Crippen LogP contribution is 2.57. The van der Waals surface area contributed by atoms with Crippen LogP contribution in [0.25, 0.3) is 17.2 Å². The molecule has 1 aliphatic heterocycles. The topological polar surface area (TPSA) is 51.0 Å². The molecule has 1 saturated carbocycles. The van der Waals surface area contributed by atoms with Crippen LogP contribution in [0.15, 0.2) is 83.6 Å². The van der Waals surface area contributed by atoms with Crippen molar-refractivity contribution in [1.82, 2.24) is 19.4 Å². The molecule has 5 heteroatoms. The molecule has 1 fully saturated rings. The van der Waals surface area contributed by atoms with Crippen LogP contribution in [-0.2, 0) is 25.4 Å². The first-order valence-electron chi connectivity index (χ1n) is 13.7. The maximum absolute atomic E-state index is 12.0. The van der Waals surface area contributed by atoms with Crippen molar-refractivity contribution >= 4 is 6.08 Å². The van der Waals surface area contributed by atoms with Crippen LogP contribution < -0.4 is 5.56 Å². The van der Waals surface area contributed by atoms with Crippen molar-refractivity contribution < 1.29 is 0 Å². The van der Waals surface area contributed by atoms with E-state index in [1.165, 1.54) is 46.7 Å². The van der Waals surface area contributed by atoms with Crippen molar-refractivity contribution in [3.63, 3.8) is 0 Å². The minimum absolute atomic E-state index is 0.0730. The van der Waals surface area contributed by atoms with E-state index in [2.05, 4.69) is 73.4 Å². The van der Waals surface area contributed by atoms with E-state index in [-0.39, 0.29) is 11.0 Å². The van der Waals surface area contributed by atoms with Gasteiger partial charge in [0, 0.05) is 67.4 Å². The summed E-state index contributed by atoms with van der Waals surface area (Å²) in [5.41, 5.74) is 9.57. The lowest BCUT2D eigenvalue weighted by Crippen LogP contribution is -2.30. The fourth-order valence-corrected chi connectivity index (χ4v) is 5.71. The van der Waals surface area contributed by atoms with Crippen molar-refractivity contribution in [3.8, 4) is 11.1 Å². The van der Waals surface area contributed by atoms with Crippen molar-refractivity contribution in [2.45, 2.75) is 58.4 Å². The molecule has 3 aromatic rings. The van der Waals surface area contributed by atoms with Gasteiger partial charge in [-0.15, -0.1) is 0 Å². The molecule has 1 aromatic carbocycles. The van der Waals surface area contributed by atoms with Crippen molar-refractivity contribution in [2.24, 2.45) is 13.0 Å².